The lowest BCUT2D eigenvalue weighted by Crippen LogP contribution is -2.25. The average Bonchev–Trinajstić information content (AvgIpc) is 2.45. The van der Waals surface area contributed by atoms with Gasteiger partial charge in [-0.05, 0) is 42.7 Å². The maximum Gasteiger partial charge on any atom is 0.0734 e. The Bertz CT molecular complexity index is 810. The van der Waals surface area contributed by atoms with Crippen LogP contribution in [0.4, 0.5) is 0 Å². The molecule has 0 radical (unpaired) electrons. The van der Waals surface area contributed by atoms with Gasteiger partial charge in [-0.15, -0.1) is 0 Å². The minimum atomic E-state index is 0.904. The lowest BCUT2D eigenvalue weighted by atomic mass is 10.0. The van der Waals surface area contributed by atoms with E-state index in [9.17, 15) is 0 Å². The quantitative estimate of drug-likeness (QED) is 0.759. The summed E-state index contributed by atoms with van der Waals surface area (Å²) in [4.78, 5) is 4.83. The first-order chi connectivity index (χ1) is 10.0. The fraction of sp³-hybridized carbons (Fsp3) is 0.150. The Kier molecular flexibility index (Phi) is 4.54. The lowest BCUT2D eigenvalue weighted by molar-refractivity contribution is 1.36. The number of benzene rings is 2. The molecule has 0 saturated carbocycles. The molecule has 2 rings (SSSR count). The first-order valence-electron chi connectivity index (χ1n) is 7.06. The molecule has 21 heavy (non-hydrogen) atoms. The molecule has 0 amide bonds. The van der Waals surface area contributed by atoms with E-state index >= 15 is 0 Å². The van der Waals surface area contributed by atoms with E-state index in [0.29, 0.717) is 0 Å². The standard InChI is InChI=1S/C20H21N/c1-14(2)20(19-13-9-7-11-16(19)4)21-17(5)18-12-8-6-10-15(18)3/h6-13H,1,4H2,2-3,5H3/b20-19-,21-17+. The Balaban J connectivity index is 2.68. The van der Waals surface area contributed by atoms with Gasteiger partial charge in [0.2, 0.25) is 0 Å². The second-order valence-electron chi connectivity index (χ2n) is 5.30. The van der Waals surface area contributed by atoms with Crippen molar-refractivity contribution in [1.82, 2.24) is 0 Å². The molecule has 1 heteroatoms. The zero-order valence-corrected chi connectivity index (χ0v) is 13.0. The number of rotatable bonds is 3. The summed E-state index contributed by atoms with van der Waals surface area (Å²) in [7, 11) is 0. The highest BCUT2D eigenvalue weighted by Gasteiger charge is 2.04. The summed E-state index contributed by atoms with van der Waals surface area (Å²) >= 11 is 0. The van der Waals surface area contributed by atoms with E-state index in [2.05, 4.69) is 32.2 Å². The van der Waals surface area contributed by atoms with E-state index in [1.165, 1.54) is 5.56 Å². The molecule has 0 aliphatic rings. The molecule has 0 atom stereocenters. The van der Waals surface area contributed by atoms with Gasteiger partial charge in [0, 0.05) is 10.9 Å². The Labute approximate surface area is 126 Å². The molecule has 0 aliphatic carbocycles. The van der Waals surface area contributed by atoms with Crippen molar-refractivity contribution in [3.63, 3.8) is 0 Å². The van der Waals surface area contributed by atoms with Gasteiger partial charge in [-0.1, -0.05) is 61.7 Å². The van der Waals surface area contributed by atoms with Gasteiger partial charge in [0.1, 0.15) is 0 Å². The predicted molar refractivity (Wildman–Crippen MR) is 92.8 cm³/mol. The Morgan fingerprint density at radius 2 is 1.57 bits per heavy atom. The van der Waals surface area contributed by atoms with Gasteiger partial charge in [0.15, 0.2) is 0 Å². The molecule has 0 unspecified atom stereocenters. The molecule has 0 aliphatic heterocycles. The summed E-state index contributed by atoms with van der Waals surface area (Å²) in [6.07, 6.45) is 0. The molecule has 2 aromatic rings. The van der Waals surface area contributed by atoms with E-state index in [4.69, 9.17) is 4.99 Å². The van der Waals surface area contributed by atoms with Crippen LogP contribution < -0.4 is 10.4 Å². The van der Waals surface area contributed by atoms with Crippen LogP contribution in [0.15, 0.2) is 65.7 Å². The molecule has 0 fully saturated rings. The van der Waals surface area contributed by atoms with Gasteiger partial charge in [-0.25, -0.2) is 0 Å². The normalized spacial score (nSPS) is 13.0. The zero-order valence-electron chi connectivity index (χ0n) is 13.0. The molecule has 0 N–H and O–H groups in total. The van der Waals surface area contributed by atoms with E-state index < -0.39 is 0 Å². The first kappa shape index (κ1) is 15.0. The number of nitrogens with zero attached hydrogens (tertiary/aromatic N) is 1. The minimum Gasteiger partial charge on any atom is -0.252 e. The number of aryl methyl sites for hydroxylation is 1. The fourth-order valence-corrected chi connectivity index (χ4v) is 2.34. The van der Waals surface area contributed by atoms with Gasteiger partial charge >= 0.3 is 0 Å². The van der Waals surface area contributed by atoms with Crippen LogP contribution in [0.2, 0.25) is 0 Å². The Hall–Kier alpha value is -2.41. The summed E-state index contributed by atoms with van der Waals surface area (Å²) < 4.78 is 0. The highest BCUT2D eigenvalue weighted by molar-refractivity contribution is 6.02. The van der Waals surface area contributed by atoms with Gasteiger partial charge in [0.25, 0.3) is 0 Å². The Morgan fingerprint density at radius 3 is 2.19 bits per heavy atom. The SMILES string of the molecule is C=C(C)C(/N=C(\C)c1ccccc1C)=c1\ccccc1=C. The maximum atomic E-state index is 4.83. The fourth-order valence-electron chi connectivity index (χ4n) is 2.34. The van der Waals surface area contributed by atoms with E-state index in [1.54, 1.807) is 0 Å². The van der Waals surface area contributed by atoms with Crippen molar-refractivity contribution in [2.24, 2.45) is 4.99 Å². The third-order valence-electron chi connectivity index (χ3n) is 3.49. The highest BCUT2D eigenvalue weighted by atomic mass is 14.8. The minimum absolute atomic E-state index is 0.904. The molecule has 1 nitrogen and oxygen atoms in total. The number of hydrogen-bond donors (Lipinski definition) is 0. The van der Waals surface area contributed by atoms with Crippen molar-refractivity contribution in [3.05, 3.63) is 82.2 Å². The van der Waals surface area contributed by atoms with Crippen LogP contribution in [0, 0.1) is 6.92 Å². The van der Waals surface area contributed by atoms with Gasteiger partial charge in [-0.3, -0.25) is 4.99 Å². The number of aliphatic imine (C=N–C) groups is 1. The lowest BCUT2D eigenvalue weighted by Gasteiger charge is -2.08. The van der Waals surface area contributed by atoms with Crippen molar-refractivity contribution in [3.8, 4) is 0 Å². The van der Waals surface area contributed by atoms with Crippen LogP contribution in [-0.4, -0.2) is 5.71 Å². The average molecular weight is 275 g/mol. The van der Waals surface area contributed by atoms with Crippen molar-refractivity contribution >= 4 is 18.0 Å². The second-order valence-corrected chi connectivity index (χ2v) is 5.30. The zero-order chi connectivity index (χ0) is 15.4. The summed E-state index contributed by atoms with van der Waals surface area (Å²) in [5.41, 5.74) is 5.23. The molecule has 0 aromatic heterocycles. The van der Waals surface area contributed by atoms with Gasteiger partial charge in [0.05, 0.1) is 5.70 Å². The van der Waals surface area contributed by atoms with Crippen LogP contribution in [0.1, 0.15) is 25.0 Å². The molecule has 0 bridgehead atoms. The molecule has 106 valence electrons. The van der Waals surface area contributed by atoms with E-state index in [1.807, 2.05) is 50.2 Å². The van der Waals surface area contributed by atoms with Crippen molar-refractivity contribution in [2.75, 3.05) is 0 Å². The summed E-state index contributed by atoms with van der Waals surface area (Å²) in [5.74, 6) is 0. The van der Waals surface area contributed by atoms with E-state index in [-0.39, 0.29) is 0 Å². The van der Waals surface area contributed by atoms with Crippen molar-refractivity contribution in [2.45, 2.75) is 20.8 Å². The summed E-state index contributed by atoms with van der Waals surface area (Å²) in [5, 5.41) is 2.01. The third kappa shape index (κ3) is 3.38. The van der Waals surface area contributed by atoms with Crippen LogP contribution in [0.25, 0.3) is 12.3 Å². The highest BCUT2D eigenvalue weighted by Crippen LogP contribution is 2.13. The largest absolute Gasteiger partial charge is 0.252 e. The Morgan fingerprint density at radius 1 is 0.952 bits per heavy atom. The van der Waals surface area contributed by atoms with Gasteiger partial charge in [-0.2, -0.15) is 0 Å². The van der Waals surface area contributed by atoms with Crippen molar-refractivity contribution < 1.29 is 0 Å². The third-order valence-corrected chi connectivity index (χ3v) is 3.49. The number of hydrogen-bond acceptors (Lipinski definition) is 1. The topological polar surface area (TPSA) is 12.4 Å². The van der Waals surface area contributed by atoms with Crippen LogP contribution >= 0.6 is 0 Å². The van der Waals surface area contributed by atoms with Crippen LogP contribution in [0.5, 0.6) is 0 Å². The molecular weight excluding hydrogens is 254 g/mol. The molecular formula is C20H21N. The molecule has 2 aromatic carbocycles. The summed E-state index contributed by atoms with van der Waals surface area (Å²) in [6.45, 7) is 14.3. The second kappa shape index (κ2) is 6.36. The van der Waals surface area contributed by atoms with Crippen LogP contribution in [-0.2, 0) is 0 Å². The smallest absolute Gasteiger partial charge is 0.0734 e. The van der Waals surface area contributed by atoms with Crippen molar-refractivity contribution in [1.29, 1.82) is 0 Å². The van der Waals surface area contributed by atoms with Crippen LogP contribution in [0.3, 0.4) is 0 Å². The molecule has 0 saturated heterocycles. The van der Waals surface area contributed by atoms with Gasteiger partial charge < -0.3 is 0 Å². The monoisotopic (exact) mass is 275 g/mol. The maximum absolute atomic E-state index is 4.83. The summed E-state index contributed by atoms with van der Waals surface area (Å²) in [6, 6.07) is 16.3. The molecule has 0 heterocycles. The van der Waals surface area contributed by atoms with E-state index in [0.717, 1.165) is 33.0 Å². The predicted octanol–water partition coefficient (Wildman–Crippen LogP) is 3.60. The first-order valence-corrected chi connectivity index (χ1v) is 7.06. The molecule has 0 spiro atoms.